The molecule has 0 heterocycles. The molecule has 2 saturated carbocycles. The molecule has 0 aliphatic heterocycles. The van der Waals surface area contributed by atoms with Crippen molar-refractivity contribution in [3.8, 4) is 16.9 Å². The summed E-state index contributed by atoms with van der Waals surface area (Å²) in [5.74, 6) is 1.05. The van der Waals surface area contributed by atoms with Crippen LogP contribution in [-0.2, 0) is 6.18 Å². The molecule has 0 radical (unpaired) electrons. The van der Waals surface area contributed by atoms with Gasteiger partial charge in [0.25, 0.3) is 0 Å². The van der Waals surface area contributed by atoms with Crippen LogP contribution in [0.2, 0.25) is 0 Å². The summed E-state index contributed by atoms with van der Waals surface area (Å²) in [4.78, 5) is 0. The molecule has 4 rings (SSSR count). The van der Waals surface area contributed by atoms with E-state index in [2.05, 4.69) is 19.1 Å². The molecule has 2 aromatic carbocycles. The van der Waals surface area contributed by atoms with Gasteiger partial charge in [0.1, 0.15) is 5.75 Å². The van der Waals surface area contributed by atoms with E-state index in [4.69, 9.17) is 4.74 Å². The molecule has 0 spiro atoms. The van der Waals surface area contributed by atoms with Crippen LogP contribution in [0, 0.1) is 23.7 Å². The van der Waals surface area contributed by atoms with Crippen molar-refractivity contribution < 1.29 is 26.7 Å². The molecule has 0 saturated heterocycles. The Morgan fingerprint density at radius 2 is 1.11 bits per heavy atom. The van der Waals surface area contributed by atoms with Crippen molar-refractivity contribution in [2.24, 2.45) is 23.7 Å². The molecule has 35 heavy (non-hydrogen) atoms. The summed E-state index contributed by atoms with van der Waals surface area (Å²) in [6.07, 6.45) is 4.28. The van der Waals surface area contributed by atoms with E-state index in [1.165, 1.54) is 49.9 Å². The molecular weight excluding hydrogens is 459 g/mol. The normalized spacial score (nSPS) is 26.1. The molecule has 2 fully saturated rings. The van der Waals surface area contributed by atoms with Crippen molar-refractivity contribution in [2.45, 2.75) is 70.6 Å². The second kappa shape index (κ2) is 10.7. The molecular formula is C29H33F5O. The van der Waals surface area contributed by atoms with Crippen LogP contribution in [0.1, 0.15) is 63.9 Å². The molecule has 2 aromatic rings. The maximum atomic E-state index is 14.9. The zero-order valence-electron chi connectivity index (χ0n) is 20.0. The predicted octanol–water partition coefficient (Wildman–Crippen LogP) is 9.53. The van der Waals surface area contributed by atoms with Crippen LogP contribution in [0.4, 0.5) is 22.0 Å². The Kier molecular flexibility index (Phi) is 7.87. The summed E-state index contributed by atoms with van der Waals surface area (Å²) in [7, 11) is 0. The topological polar surface area (TPSA) is 9.23 Å². The monoisotopic (exact) mass is 492 g/mol. The molecule has 0 amide bonds. The Morgan fingerprint density at radius 1 is 0.657 bits per heavy atom. The molecule has 1 nitrogen and oxygen atoms in total. The van der Waals surface area contributed by atoms with Gasteiger partial charge < -0.3 is 4.74 Å². The number of rotatable bonds is 6. The smallest absolute Gasteiger partial charge is 0.416 e. The maximum Gasteiger partial charge on any atom is 0.416 e. The second-order valence-electron chi connectivity index (χ2n) is 10.3. The van der Waals surface area contributed by atoms with Gasteiger partial charge in [0.2, 0.25) is 0 Å². The number of hydrogen-bond acceptors (Lipinski definition) is 1. The number of halogens is 5. The van der Waals surface area contributed by atoms with Crippen LogP contribution >= 0.6 is 0 Å². The number of allylic oxidation sites excluding steroid dienone is 2. The first kappa shape index (κ1) is 25.7. The van der Waals surface area contributed by atoms with Gasteiger partial charge in [-0.25, -0.2) is 0 Å². The Bertz CT molecular complexity index is 962. The zero-order chi connectivity index (χ0) is 25.1. The minimum Gasteiger partial charge on any atom is -0.432 e. The Balaban J connectivity index is 1.29. The van der Waals surface area contributed by atoms with Crippen LogP contribution < -0.4 is 4.74 Å². The summed E-state index contributed by atoms with van der Waals surface area (Å²) in [6.45, 7) is 2.30. The van der Waals surface area contributed by atoms with Gasteiger partial charge in [0, 0.05) is 0 Å². The van der Waals surface area contributed by atoms with Crippen molar-refractivity contribution in [2.75, 3.05) is 0 Å². The average molecular weight is 493 g/mol. The Labute approximate surface area is 204 Å². The van der Waals surface area contributed by atoms with Crippen LogP contribution in [0.5, 0.6) is 5.75 Å². The van der Waals surface area contributed by atoms with E-state index >= 15 is 0 Å². The zero-order valence-corrected chi connectivity index (χ0v) is 20.0. The highest BCUT2D eigenvalue weighted by Gasteiger charge is 2.43. The summed E-state index contributed by atoms with van der Waals surface area (Å²) in [6, 6.07) is 10.8. The molecule has 2 aliphatic carbocycles. The van der Waals surface area contributed by atoms with E-state index in [0.29, 0.717) is 35.8 Å². The lowest BCUT2D eigenvalue weighted by molar-refractivity contribution is -0.222. The minimum atomic E-state index is -4.40. The van der Waals surface area contributed by atoms with Crippen LogP contribution in [0.15, 0.2) is 60.7 Å². The number of hydrogen-bond donors (Lipinski definition) is 0. The molecule has 0 aromatic heterocycles. The van der Waals surface area contributed by atoms with Crippen LogP contribution in [-0.4, -0.2) is 6.11 Å². The SMILES string of the molecule is CC1CCC(/C=C/C2CCC(C(F)(F)Oc3ccc(-c4ccc(C(F)(F)F)cc4)cc3)CC2)CC1. The van der Waals surface area contributed by atoms with E-state index in [1.54, 1.807) is 12.1 Å². The highest BCUT2D eigenvalue weighted by molar-refractivity contribution is 5.64. The molecule has 0 atom stereocenters. The van der Waals surface area contributed by atoms with Gasteiger partial charge >= 0.3 is 12.3 Å². The average Bonchev–Trinajstić information content (AvgIpc) is 2.84. The second-order valence-corrected chi connectivity index (χ2v) is 10.3. The van der Waals surface area contributed by atoms with Gasteiger partial charge in [-0.3, -0.25) is 0 Å². The van der Waals surface area contributed by atoms with E-state index < -0.39 is 23.8 Å². The van der Waals surface area contributed by atoms with Crippen molar-refractivity contribution in [3.63, 3.8) is 0 Å². The van der Waals surface area contributed by atoms with Crippen molar-refractivity contribution in [1.29, 1.82) is 0 Å². The molecule has 6 heteroatoms. The van der Waals surface area contributed by atoms with Crippen molar-refractivity contribution >= 4 is 0 Å². The lowest BCUT2D eigenvalue weighted by Gasteiger charge is -2.32. The fourth-order valence-electron chi connectivity index (χ4n) is 5.25. The molecule has 2 aliphatic rings. The van der Waals surface area contributed by atoms with E-state index in [9.17, 15) is 22.0 Å². The Morgan fingerprint density at radius 3 is 1.60 bits per heavy atom. The third-order valence-electron chi connectivity index (χ3n) is 7.62. The molecule has 190 valence electrons. The largest absolute Gasteiger partial charge is 0.432 e. The van der Waals surface area contributed by atoms with E-state index in [1.807, 2.05) is 0 Å². The first-order valence-electron chi connectivity index (χ1n) is 12.6. The van der Waals surface area contributed by atoms with E-state index in [0.717, 1.165) is 30.9 Å². The quantitative estimate of drug-likeness (QED) is 0.288. The van der Waals surface area contributed by atoms with Crippen LogP contribution in [0.3, 0.4) is 0 Å². The van der Waals surface area contributed by atoms with Gasteiger partial charge in [-0.15, -0.1) is 0 Å². The molecule has 0 bridgehead atoms. The third-order valence-corrected chi connectivity index (χ3v) is 7.62. The maximum absolute atomic E-state index is 14.9. The van der Waals surface area contributed by atoms with Gasteiger partial charge in [0.05, 0.1) is 11.5 Å². The summed E-state index contributed by atoms with van der Waals surface area (Å²) >= 11 is 0. The first-order chi connectivity index (χ1) is 16.6. The summed E-state index contributed by atoms with van der Waals surface area (Å²) in [5, 5.41) is 0. The predicted molar refractivity (Wildman–Crippen MR) is 128 cm³/mol. The fourth-order valence-corrected chi connectivity index (χ4v) is 5.25. The van der Waals surface area contributed by atoms with Gasteiger partial charge in [0.15, 0.2) is 0 Å². The van der Waals surface area contributed by atoms with Crippen LogP contribution in [0.25, 0.3) is 11.1 Å². The minimum absolute atomic E-state index is 0.0548. The summed E-state index contributed by atoms with van der Waals surface area (Å²) < 4.78 is 73.1. The summed E-state index contributed by atoms with van der Waals surface area (Å²) in [5.41, 5.74) is 0.481. The van der Waals surface area contributed by atoms with Gasteiger partial charge in [-0.2, -0.15) is 22.0 Å². The highest BCUT2D eigenvalue weighted by atomic mass is 19.4. The first-order valence-corrected chi connectivity index (χ1v) is 12.6. The lowest BCUT2D eigenvalue weighted by Crippen LogP contribution is -2.37. The van der Waals surface area contributed by atoms with Gasteiger partial charge in [-0.05, 0) is 91.7 Å². The standard InChI is InChI=1S/C29H33F5O/c1-20-2-4-21(5-3-20)6-7-22-8-14-26(15-9-22)29(33,34)35-27-18-12-24(13-19-27)23-10-16-25(17-11-23)28(30,31)32/h6-7,10-13,16-22,26H,2-5,8-9,14-15H2,1H3/b7-6+. The van der Waals surface area contributed by atoms with Crippen molar-refractivity contribution in [3.05, 3.63) is 66.2 Å². The number of benzene rings is 2. The van der Waals surface area contributed by atoms with Gasteiger partial charge in [-0.1, -0.05) is 56.2 Å². The third kappa shape index (κ3) is 6.86. The molecule has 0 N–H and O–H groups in total. The number of alkyl halides is 5. The number of ether oxygens (including phenoxy) is 1. The highest BCUT2D eigenvalue weighted by Crippen LogP contribution is 2.41. The Hall–Kier alpha value is -2.37. The van der Waals surface area contributed by atoms with Crippen molar-refractivity contribution in [1.82, 2.24) is 0 Å². The lowest BCUT2D eigenvalue weighted by atomic mass is 9.79. The fraction of sp³-hybridized carbons (Fsp3) is 0.517. The van der Waals surface area contributed by atoms with E-state index in [-0.39, 0.29) is 5.75 Å². The molecule has 0 unspecified atom stereocenters.